The average Bonchev–Trinajstić information content (AvgIpc) is 3.33. The van der Waals surface area contributed by atoms with Crippen LogP contribution in [0.15, 0.2) is 46.9 Å². The van der Waals surface area contributed by atoms with E-state index in [1.165, 1.54) is 16.6 Å². The summed E-state index contributed by atoms with van der Waals surface area (Å²) in [7, 11) is 1.89. The fourth-order valence-electron chi connectivity index (χ4n) is 2.74. The number of halogens is 2. The molecular formula is C17H15F2N5S2. The maximum atomic E-state index is 13.5. The van der Waals surface area contributed by atoms with E-state index in [1.54, 1.807) is 35.6 Å². The number of benzene rings is 1. The van der Waals surface area contributed by atoms with Gasteiger partial charge in [-0.3, -0.25) is 4.57 Å². The first-order valence-corrected chi connectivity index (χ1v) is 9.77. The highest BCUT2D eigenvalue weighted by molar-refractivity contribution is 7.98. The monoisotopic (exact) mass is 391 g/mol. The Bertz CT molecular complexity index is 1020. The van der Waals surface area contributed by atoms with Crippen LogP contribution in [0.4, 0.5) is 8.78 Å². The summed E-state index contributed by atoms with van der Waals surface area (Å²) in [5.74, 6) is 1.47. The van der Waals surface area contributed by atoms with Crippen LogP contribution in [0.1, 0.15) is 23.1 Å². The lowest BCUT2D eigenvalue weighted by atomic mass is 10.3. The fourth-order valence-corrected chi connectivity index (χ4v) is 4.30. The zero-order valence-corrected chi connectivity index (χ0v) is 15.5. The Morgan fingerprint density at radius 1 is 1.12 bits per heavy atom. The van der Waals surface area contributed by atoms with Gasteiger partial charge in [-0.05, 0) is 23.6 Å². The number of thiophene rings is 1. The van der Waals surface area contributed by atoms with Crippen LogP contribution in [0.25, 0.3) is 11.0 Å². The third-order valence-electron chi connectivity index (χ3n) is 4.03. The van der Waals surface area contributed by atoms with Crippen molar-refractivity contribution in [2.45, 2.75) is 23.9 Å². The zero-order chi connectivity index (χ0) is 18.1. The molecular weight excluding hydrogens is 376 g/mol. The van der Waals surface area contributed by atoms with E-state index in [-0.39, 0.29) is 0 Å². The first-order valence-electron chi connectivity index (χ1n) is 7.91. The number of imidazole rings is 1. The van der Waals surface area contributed by atoms with Crippen LogP contribution in [0, 0.1) is 0 Å². The van der Waals surface area contributed by atoms with Gasteiger partial charge in [-0.1, -0.05) is 30.0 Å². The van der Waals surface area contributed by atoms with Crippen molar-refractivity contribution >= 4 is 34.1 Å². The second kappa shape index (κ2) is 7.16. The molecule has 3 aromatic heterocycles. The molecule has 0 amide bonds. The standard InChI is InChI=1S/C17H15F2N5S2/c1-23-14(9-11-5-4-8-25-11)21-22-17(23)26-10-15-20-12-6-2-3-7-13(12)24(15)16(18)19/h2-8,16H,9-10H2,1H3. The average molecular weight is 391 g/mol. The van der Waals surface area contributed by atoms with Gasteiger partial charge in [0.15, 0.2) is 5.16 Å². The lowest BCUT2D eigenvalue weighted by Gasteiger charge is -2.07. The van der Waals surface area contributed by atoms with Crippen molar-refractivity contribution in [3.8, 4) is 0 Å². The molecule has 9 heteroatoms. The van der Waals surface area contributed by atoms with Crippen LogP contribution in [-0.2, 0) is 19.2 Å². The molecule has 0 N–H and O–H groups in total. The van der Waals surface area contributed by atoms with Gasteiger partial charge in [0.25, 0.3) is 0 Å². The van der Waals surface area contributed by atoms with Gasteiger partial charge in [0.05, 0.1) is 16.8 Å². The van der Waals surface area contributed by atoms with E-state index in [9.17, 15) is 8.78 Å². The van der Waals surface area contributed by atoms with Gasteiger partial charge in [-0.2, -0.15) is 8.78 Å². The molecule has 0 aliphatic carbocycles. The molecule has 0 atom stereocenters. The quantitative estimate of drug-likeness (QED) is 0.454. The van der Waals surface area contributed by atoms with E-state index in [4.69, 9.17) is 0 Å². The minimum absolute atomic E-state index is 0.296. The number of hydrogen-bond acceptors (Lipinski definition) is 5. The molecule has 26 heavy (non-hydrogen) atoms. The highest BCUT2D eigenvalue weighted by Crippen LogP contribution is 2.28. The third kappa shape index (κ3) is 3.24. The van der Waals surface area contributed by atoms with Crippen molar-refractivity contribution in [1.82, 2.24) is 24.3 Å². The Morgan fingerprint density at radius 3 is 2.73 bits per heavy atom. The number of para-hydroxylation sites is 2. The molecule has 0 radical (unpaired) electrons. The van der Waals surface area contributed by atoms with Gasteiger partial charge in [0, 0.05) is 18.3 Å². The molecule has 0 aliphatic heterocycles. The summed E-state index contributed by atoms with van der Waals surface area (Å²) in [5, 5.41) is 11.1. The number of thioether (sulfide) groups is 1. The summed E-state index contributed by atoms with van der Waals surface area (Å²) < 4.78 is 29.9. The largest absolute Gasteiger partial charge is 0.320 e. The molecule has 1 aromatic carbocycles. The van der Waals surface area contributed by atoms with Crippen molar-refractivity contribution in [3.05, 3.63) is 58.3 Å². The summed E-state index contributed by atoms with van der Waals surface area (Å²) in [6.07, 6.45) is 0.706. The molecule has 4 aromatic rings. The summed E-state index contributed by atoms with van der Waals surface area (Å²) in [6, 6.07) is 11.0. The minimum atomic E-state index is -2.63. The number of aromatic nitrogens is 5. The van der Waals surface area contributed by atoms with Gasteiger partial charge in [-0.25, -0.2) is 4.98 Å². The van der Waals surface area contributed by atoms with Crippen molar-refractivity contribution in [2.24, 2.45) is 7.05 Å². The number of fused-ring (bicyclic) bond motifs is 1. The maximum Gasteiger partial charge on any atom is 0.320 e. The van der Waals surface area contributed by atoms with E-state index >= 15 is 0 Å². The van der Waals surface area contributed by atoms with E-state index in [2.05, 4.69) is 21.2 Å². The van der Waals surface area contributed by atoms with Crippen LogP contribution in [0.2, 0.25) is 0 Å². The van der Waals surface area contributed by atoms with Gasteiger partial charge in [0.2, 0.25) is 0 Å². The molecule has 0 spiro atoms. The normalized spacial score (nSPS) is 11.7. The number of alkyl halides is 2. The smallest absolute Gasteiger partial charge is 0.309 e. The summed E-state index contributed by atoms with van der Waals surface area (Å²) in [6.45, 7) is -2.63. The van der Waals surface area contributed by atoms with Gasteiger partial charge in [0.1, 0.15) is 11.6 Å². The van der Waals surface area contributed by atoms with Crippen molar-refractivity contribution < 1.29 is 8.78 Å². The molecule has 0 saturated carbocycles. The van der Waals surface area contributed by atoms with E-state index < -0.39 is 6.55 Å². The number of hydrogen-bond donors (Lipinski definition) is 0. The van der Waals surface area contributed by atoms with Crippen LogP contribution >= 0.6 is 23.1 Å². The van der Waals surface area contributed by atoms with Crippen molar-refractivity contribution in [1.29, 1.82) is 0 Å². The molecule has 5 nitrogen and oxygen atoms in total. The van der Waals surface area contributed by atoms with Crippen molar-refractivity contribution in [2.75, 3.05) is 0 Å². The van der Waals surface area contributed by atoms with E-state index in [1.807, 2.05) is 23.1 Å². The highest BCUT2D eigenvalue weighted by Gasteiger charge is 2.19. The van der Waals surface area contributed by atoms with Crippen LogP contribution in [0.3, 0.4) is 0 Å². The number of nitrogens with zero attached hydrogens (tertiary/aromatic N) is 5. The first-order chi connectivity index (χ1) is 12.6. The predicted molar refractivity (Wildman–Crippen MR) is 98.7 cm³/mol. The molecule has 134 valence electrons. The Labute approximate surface area is 156 Å². The lowest BCUT2D eigenvalue weighted by Crippen LogP contribution is -2.04. The maximum absolute atomic E-state index is 13.5. The molecule has 4 rings (SSSR count). The van der Waals surface area contributed by atoms with Crippen molar-refractivity contribution in [3.63, 3.8) is 0 Å². The molecule has 0 bridgehead atoms. The Morgan fingerprint density at radius 2 is 1.96 bits per heavy atom. The van der Waals surface area contributed by atoms with Crippen LogP contribution < -0.4 is 0 Å². The van der Waals surface area contributed by atoms with Gasteiger partial charge >= 0.3 is 6.55 Å². The molecule has 3 heterocycles. The topological polar surface area (TPSA) is 48.5 Å². The SMILES string of the molecule is Cn1c(Cc2cccs2)nnc1SCc1nc2ccccc2n1C(F)F. The van der Waals surface area contributed by atoms with Gasteiger partial charge in [-0.15, -0.1) is 21.5 Å². The highest BCUT2D eigenvalue weighted by atomic mass is 32.2. The second-order valence-corrected chi connectivity index (χ2v) is 7.64. The van der Waals surface area contributed by atoms with Crippen LogP contribution in [0.5, 0.6) is 0 Å². The minimum Gasteiger partial charge on any atom is -0.309 e. The first kappa shape index (κ1) is 17.2. The van der Waals surface area contributed by atoms with Crippen LogP contribution in [-0.4, -0.2) is 24.3 Å². The molecule has 0 unspecified atom stereocenters. The fraction of sp³-hybridized carbons (Fsp3) is 0.235. The molecule has 0 fully saturated rings. The lowest BCUT2D eigenvalue weighted by molar-refractivity contribution is 0.0722. The Balaban J connectivity index is 1.55. The van der Waals surface area contributed by atoms with E-state index in [0.29, 0.717) is 34.2 Å². The Hall–Kier alpha value is -2.26. The summed E-state index contributed by atoms with van der Waals surface area (Å²) in [4.78, 5) is 5.56. The number of rotatable bonds is 6. The van der Waals surface area contributed by atoms with E-state index in [0.717, 1.165) is 10.4 Å². The second-order valence-electron chi connectivity index (χ2n) is 5.67. The summed E-state index contributed by atoms with van der Waals surface area (Å²) in [5.41, 5.74) is 1.01. The van der Waals surface area contributed by atoms with Gasteiger partial charge < -0.3 is 4.57 Å². The zero-order valence-electron chi connectivity index (χ0n) is 13.8. The summed E-state index contributed by atoms with van der Waals surface area (Å²) >= 11 is 3.03. The molecule has 0 saturated heterocycles. The third-order valence-corrected chi connectivity index (χ3v) is 5.92. The molecule has 0 aliphatic rings. The predicted octanol–water partition coefficient (Wildman–Crippen LogP) is 4.50. The Kier molecular flexibility index (Phi) is 4.73.